The molecule has 0 saturated carbocycles. The van der Waals surface area contributed by atoms with Crippen LogP contribution in [0.4, 0.5) is 17.2 Å². The second kappa shape index (κ2) is 8.09. The molecule has 0 radical (unpaired) electrons. The topological polar surface area (TPSA) is 93.2 Å². The van der Waals surface area contributed by atoms with Crippen LogP contribution in [0.2, 0.25) is 0 Å². The zero-order chi connectivity index (χ0) is 19.2. The van der Waals surface area contributed by atoms with Gasteiger partial charge in [0.05, 0.1) is 7.11 Å². The van der Waals surface area contributed by atoms with Crippen LogP contribution < -0.4 is 15.4 Å². The third kappa shape index (κ3) is 4.66. The van der Waals surface area contributed by atoms with Crippen LogP contribution in [0.15, 0.2) is 60.7 Å². The molecular weight excluding hydrogens is 344 g/mol. The molecule has 3 aromatic rings. The number of benzene rings is 2. The Bertz CT molecular complexity index is 971. The largest absolute Gasteiger partial charge is 0.497 e. The number of carbonyl (C=O) groups is 2. The maximum atomic E-state index is 12.3. The molecule has 3 rings (SSSR count). The Morgan fingerprint density at radius 3 is 2.41 bits per heavy atom. The number of nitrogens with zero attached hydrogens (tertiary/aromatic N) is 2. The van der Waals surface area contributed by atoms with Gasteiger partial charge in [-0.3, -0.25) is 9.59 Å². The van der Waals surface area contributed by atoms with E-state index < -0.39 is 5.91 Å². The molecular formula is C20H18N4O3. The van der Waals surface area contributed by atoms with E-state index in [4.69, 9.17) is 4.74 Å². The van der Waals surface area contributed by atoms with Crippen molar-refractivity contribution in [2.75, 3.05) is 17.7 Å². The molecule has 0 aliphatic carbocycles. The number of aromatic nitrogens is 2. The highest BCUT2D eigenvalue weighted by atomic mass is 16.5. The average Bonchev–Trinajstić information content (AvgIpc) is 2.69. The SMILES string of the molecule is COc1cccc(Nc2ccc(C(=O)Nc3cccc(C(C)=O)c3)nn2)c1. The summed E-state index contributed by atoms with van der Waals surface area (Å²) < 4.78 is 5.17. The van der Waals surface area contributed by atoms with Crippen molar-refractivity contribution >= 4 is 28.9 Å². The number of hydrogen-bond donors (Lipinski definition) is 2. The van der Waals surface area contributed by atoms with Gasteiger partial charge in [-0.05, 0) is 43.3 Å². The fraction of sp³-hybridized carbons (Fsp3) is 0.100. The fourth-order valence-electron chi connectivity index (χ4n) is 2.38. The van der Waals surface area contributed by atoms with Crippen molar-refractivity contribution in [2.24, 2.45) is 0 Å². The molecule has 27 heavy (non-hydrogen) atoms. The van der Waals surface area contributed by atoms with Gasteiger partial charge in [0.1, 0.15) is 5.75 Å². The second-order valence-corrected chi connectivity index (χ2v) is 5.75. The van der Waals surface area contributed by atoms with E-state index >= 15 is 0 Å². The van der Waals surface area contributed by atoms with Crippen LogP contribution in [0.1, 0.15) is 27.8 Å². The lowest BCUT2D eigenvalue weighted by atomic mass is 10.1. The summed E-state index contributed by atoms with van der Waals surface area (Å²) in [6.45, 7) is 1.47. The molecule has 0 spiro atoms. The van der Waals surface area contributed by atoms with E-state index in [0.29, 0.717) is 17.1 Å². The molecule has 7 heteroatoms. The van der Waals surface area contributed by atoms with Gasteiger partial charge in [-0.15, -0.1) is 10.2 Å². The van der Waals surface area contributed by atoms with Gasteiger partial charge in [-0.1, -0.05) is 18.2 Å². The predicted octanol–water partition coefficient (Wildman–Crippen LogP) is 3.68. The van der Waals surface area contributed by atoms with Crippen LogP contribution in [-0.4, -0.2) is 29.0 Å². The second-order valence-electron chi connectivity index (χ2n) is 5.75. The molecule has 0 aliphatic heterocycles. The normalized spacial score (nSPS) is 10.1. The van der Waals surface area contributed by atoms with E-state index in [9.17, 15) is 9.59 Å². The molecule has 0 fully saturated rings. The molecule has 0 aliphatic rings. The minimum absolute atomic E-state index is 0.0705. The summed E-state index contributed by atoms with van der Waals surface area (Å²) in [5, 5.41) is 13.8. The minimum Gasteiger partial charge on any atom is -0.497 e. The summed E-state index contributed by atoms with van der Waals surface area (Å²) in [5.74, 6) is 0.741. The monoisotopic (exact) mass is 362 g/mol. The van der Waals surface area contributed by atoms with Crippen molar-refractivity contribution in [3.8, 4) is 5.75 Å². The van der Waals surface area contributed by atoms with E-state index in [2.05, 4.69) is 20.8 Å². The molecule has 0 saturated heterocycles. The third-order valence-corrected chi connectivity index (χ3v) is 3.77. The van der Waals surface area contributed by atoms with Gasteiger partial charge < -0.3 is 15.4 Å². The highest BCUT2D eigenvalue weighted by molar-refractivity contribution is 6.03. The number of ketones is 1. The lowest BCUT2D eigenvalue weighted by Gasteiger charge is -2.08. The summed E-state index contributed by atoms with van der Waals surface area (Å²) in [7, 11) is 1.60. The average molecular weight is 362 g/mol. The molecule has 0 atom stereocenters. The number of ether oxygens (including phenoxy) is 1. The van der Waals surface area contributed by atoms with Crippen molar-refractivity contribution in [3.05, 3.63) is 71.9 Å². The van der Waals surface area contributed by atoms with Crippen LogP contribution in [0.25, 0.3) is 0 Å². The molecule has 1 aromatic heterocycles. The molecule has 0 unspecified atom stereocenters. The lowest BCUT2D eigenvalue weighted by molar-refractivity contribution is 0.100. The molecule has 1 heterocycles. The van der Waals surface area contributed by atoms with Crippen LogP contribution in [0, 0.1) is 0 Å². The van der Waals surface area contributed by atoms with E-state index in [0.717, 1.165) is 11.4 Å². The highest BCUT2D eigenvalue weighted by Gasteiger charge is 2.10. The first-order chi connectivity index (χ1) is 13.0. The predicted molar refractivity (Wildman–Crippen MR) is 103 cm³/mol. The quantitative estimate of drug-likeness (QED) is 0.650. The summed E-state index contributed by atoms with van der Waals surface area (Å²) in [6.07, 6.45) is 0. The summed E-state index contributed by atoms with van der Waals surface area (Å²) in [5.41, 5.74) is 2.01. The van der Waals surface area contributed by atoms with Crippen molar-refractivity contribution in [2.45, 2.75) is 6.92 Å². The number of Topliss-reactive ketones (excluding diaryl/α,β-unsaturated/α-hetero) is 1. The molecule has 136 valence electrons. The van der Waals surface area contributed by atoms with Gasteiger partial charge in [-0.25, -0.2) is 0 Å². The van der Waals surface area contributed by atoms with Gasteiger partial charge in [0.2, 0.25) is 0 Å². The minimum atomic E-state index is -0.406. The van der Waals surface area contributed by atoms with Gasteiger partial charge >= 0.3 is 0 Å². The summed E-state index contributed by atoms with van der Waals surface area (Å²) in [6, 6.07) is 17.3. The Morgan fingerprint density at radius 2 is 1.70 bits per heavy atom. The van der Waals surface area contributed by atoms with Crippen molar-refractivity contribution in [3.63, 3.8) is 0 Å². The number of methoxy groups -OCH3 is 1. The van der Waals surface area contributed by atoms with E-state index in [1.165, 1.54) is 6.92 Å². The highest BCUT2D eigenvalue weighted by Crippen LogP contribution is 2.20. The first-order valence-corrected chi connectivity index (χ1v) is 8.22. The molecule has 2 N–H and O–H groups in total. The van der Waals surface area contributed by atoms with Gasteiger partial charge in [0.25, 0.3) is 5.91 Å². The summed E-state index contributed by atoms with van der Waals surface area (Å²) >= 11 is 0. The third-order valence-electron chi connectivity index (χ3n) is 3.77. The Hall–Kier alpha value is -3.74. The maximum absolute atomic E-state index is 12.3. The fourth-order valence-corrected chi connectivity index (χ4v) is 2.38. The lowest BCUT2D eigenvalue weighted by Crippen LogP contribution is -2.15. The maximum Gasteiger partial charge on any atom is 0.276 e. The smallest absolute Gasteiger partial charge is 0.276 e. The zero-order valence-corrected chi connectivity index (χ0v) is 14.9. The van der Waals surface area contributed by atoms with Gasteiger partial charge in [0.15, 0.2) is 17.3 Å². The van der Waals surface area contributed by atoms with Crippen LogP contribution in [-0.2, 0) is 0 Å². The Labute approximate surface area is 156 Å². The Balaban J connectivity index is 1.68. The van der Waals surface area contributed by atoms with Crippen LogP contribution in [0.5, 0.6) is 5.75 Å². The molecule has 2 aromatic carbocycles. The number of nitrogens with one attached hydrogen (secondary N) is 2. The number of rotatable bonds is 6. The van der Waals surface area contributed by atoms with E-state index in [1.807, 2.05) is 24.3 Å². The van der Waals surface area contributed by atoms with E-state index in [1.54, 1.807) is 43.5 Å². The van der Waals surface area contributed by atoms with Crippen LogP contribution >= 0.6 is 0 Å². The van der Waals surface area contributed by atoms with Gasteiger partial charge in [0, 0.05) is 23.0 Å². The zero-order valence-electron chi connectivity index (χ0n) is 14.9. The first-order valence-electron chi connectivity index (χ1n) is 8.22. The first kappa shape index (κ1) is 18.1. The van der Waals surface area contributed by atoms with Crippen LogP contribution in [0.3, 0.4) is 0 Å². The molecule has 0 bridgehead atoms. The molecule has 7 nitrogen and oxygen atoms in total. The Kier molecular flexibility index (Phi) is 5.41. The Morgan fingerprint density at radius 1 is 0.926 bits per heavy atom. The van der Waals surface area contributed by atoms with Gasteiger partial charge in [-0.2, -0.15) is 0 Å². The number of carbonyl (C=O) groups excluding carboxylic acids is 2. The summed E-state index contributed by atoms with van der Waals surface area (Å²) in [4.78, 5) is 23.7. The van der Waals surface area contributed by atoms with Crippen molar-refractivity contribution in [1.82, 2.24) is 10.2 Å². The number of anilines is 3. The standard InChI is InChI=1S/C20H18N4O3/c1-13(25)14-5-3-6-15(11-14)22-20(26)18-9-10-19(24-23-18)21-16-7-4-8-17(12-16)27-2/h3-12H,1-2H3,(H,21,24)(H,22,26). The van der Waals surface area contributed by atoms with Crippen molar-refractivity contribution < 1.29 is 14.3 Å². The van der Waals surface area contributed by atoms with E-state index in [-0.39, 0.29) is 11.5 Å². The molecule has 1 amide bonds. The van der Waals surface area contributed by atoms with Crippen molar-refractivity contribution in [1.29, 1.82) is 0 Å². The number of amides is 1. The number of hydrogen-bond acceptors (Lipinski definition) is 6.